The number of thiol groups is 1. The van der Waals surface area contributed by atoms with Crippen molar-refractivity contribution < 1.29 is 4.68 Å². The average molecular weight is 242 g/mol. The highest BCUT2D eigenvalue weighted by molar-refractivity contribution is 8.99. The van der Waals surface area contributed by atoms with E-state index in [9.17, 15) is 0 Å². The van der Waals surface area contributed by atoms with Crippen LogP contribution in [0.5, 0.6) is 0 Å². The smallest absolute Gasteiger partial charge is 0.264 e. The number of amidine groups is 1. The summed E-state index contributed by atoms with van der Waals surface area (Å²) in [5.41, 5.74) is 0. The van der Waals surface area contributed by atoms with Crippen molar-refractivity contribution in [3.63, 3.8) is 0 Å². The van der Waals surface area contributed by atoms with Gasteiger partial charge in [-0.3, -0.25) is 5.32 Å². The Labute approximate surface area is 87.3 Å². The molecule has 1 unspecified atom stereocenters. The molecule has 0 amide bonds. The molecule has 1 aliphatic rings. The van der Waals surface area contributed by atoms with Crippen LogP contribution in [0.15, 0.2) is 0 Å². The van der Waals surface area contributed by atoms with Crippen LogP contribution in [0.1, 0.15) is 13.8 Å². The van der Waals surface area contributed by atoms with Crippen molar-refractivity contribution in [3.05, 3.63) is 0 Å². The third-order valence-electron chi connectivity index (χ3n) is 1.20. The second-order valence-corrected chi connectivity index (χ2v) is 12.6. The molecule has 0 bridgehead atoms. The first-order chi connectivity index (χ1) is 5.41. The van der Waals surface area contributed by atoms with Crippen LogP contribution < -0.4 is 10.5 Å². The van der Waals surface area contributed by atoms with Crippen molar-refractivity contribution >= 4 is 45.2 Å². The lowest BCUT2D eigenvalue weighted by molar-refractivity contribution is -0.532. The molecule has 0 fully saturated rings. The van der Waals surface area contributed by atoms with Gasteiger partial charge in [-0.15, -0.1) is 12.2 Å². The maximum atomic E-state index is 5.24. The first-order valence-corrected chi connectivity index (χ1v) is 8.96. The highest BCUT2D eigenvalue weighted by Crippen LogP contribution is 2.62. The normalized spacial score (nSPS) is 29.4. The van der Waals surface area contributed by atoms with Crippen LogP contribution in [0.25, 0.3) is 0 Å². The van der Waals surface area contributed by atoms with Crippen molar-refractivity contribution in [2.45, 2.75) is 19.9 Å². The van der Waals surface area contributed by atoms with Gasteiger partial charge in [0, 0.05) is 11.4 Å². The number of hydrogen-bond acceptors (Lipinski definition) is 3. The zero-order valence-electron chi connectivity index (χ0n) is 7.24. The molecule has 1 aliphatic heterocycles. The van der Waals surface area contributed by atoms with Gasteiger partial charge in [0.25, 0.3) is 0 Å². The molecule has 3 nitrogen and oxygen atoms in total. The average Bonchev–Trinajstić information content (AvgIpc) is 2.03. The molecule has 1 heterocycles. The maximum Gasteiger partial charge on any atom is 0.337 e. The van der Waals surface area contributed by atoms with Gasteiger partial charge in [0.2, 0.25) is 0 Å². The molecule has 1 atom stereocenters. The van der Waals surface area contributed by atoms with Crippen LogP contribution in [0.2, 0.25) is 0 Å². The van der Waals surface area contributed by atoms with Gasteiger partial charge in [0.15, 0.2) is 4.59 Å². The van der Waals surface area contributed by atoms with E-state index in [0.29, 0.717) is 6.04 Å². The van der Waals surface area contributed by atoms with E-state index in [1.54, 1.807) is 11.4 Å². The molecule has 12 heavy (non-hydrogen) atoms. The van der Waals surface area contributed by atoms with Crippen LogP contribution in [0.4, 0.5) is 0 Å². The monoisotopic (exact) mass is 242 g/mol. The molecule has 1 rings (SSSR count). The van der Waals surface area contributed by atoms with Gasteiger partial charge in [-0.1, -0.05) is 0 Å². The molecule has 0 aromatic rings. The standard InChI is InChI=1S/C5H12N3PS3/c1-4(2)6-5-8(3)7-9(10,11)12-5/h4H,1-3H3,(H2,7,10,11)/p+1. The van der Waals surface area contributed by atoms with E-state index in [0.717, 1.165) is 5.17 Å². The van der Waals surface area contributed by atoms with Gasteiger partial charge in [0.1, 0.15) is 7.05 Å². The maximum absolute atomic E-state index is 5.24. The molecule has 0 aromatic heterocycles. The summed E-state index contributed by atoms with van der Waals surface area (Å²) in [5.74, 6) is 0. The highest BCUT2D eigenvalue weighted by atomic mass is 33.2. The van der Waals surface area contributed by atoms with E-state index in [1.807, 2.05) is 11.7 Å². The van der Waals surface area contributed by atoms with E-state index >= 15 is 0 Å². The number of nitrogens with zero attached hydrogens (tertiary/aromatic N) is 1. The van der Waals surface area contributed by atoms with Crippen molar-refractivity contribution in [1.82, 2.24) is 10.5 Å². The minimum Gasteiger partial charge on any atom is -0.264 e. The zero-order valence-corrected chi connectivity index (χ0v) is 10.7. The lowest BCUT2D eigenvalue weighted by atomic mass is 10.4. The predicted molar refractivity (Wildman–Crippen MR) is 63.5 cm³/mol. The summed E-state index contributed by atoms with van der Waals surface area (Å²) in [7, 11) is 1.95. The van der Waals surface area contributed by atoms with Gasteiger partial charge in [-0.05, 0) is 25.7 Å². The number of hydrazone groups is 1. The molecule has 0 saturated heterocycles. The molecule has 70 valence electrons. The Hall–Kier alpha value is 0.620. The topological polar surface area (TPSA) is 27.1 Å². The molecular formula is C5H13N3PS3+. The van der Waals surface area contributed by atoms with Crippen molar-refractivity contribution in [2.24, 2.45) is 0 Å². The Morgan fingerprint density at radius 1 is 1.75 bits per heavy atom. The number of nitrogens with one attached hydrogen (secondary N) is 2. The Balaban J connectivity index is 2.67. The van der Waals surface area contributed by atoms with Gasteiger partial charge in [-0.2, -0.15) is 4.68 Å². The quantitative estimate of drug-likeness (QED) is 0.368. The van der Waals surface area contributed by atoms with E-state index < -0.39 is 4.59 Å². The van der Waals surface area contributed by atoms with Crippen LogP contribution in [0.3, 0.4) is 0 Å². The molecule has 0 aromatic carbocycles. The lowest BCUT2D eigenvalue weighted by Crippen LogP contribution is -2.33. The Bertz CT molecular complexity index is 263. The van der Waals surface area contributed by atoms with Crippen LogP contribution in [-0.4, -0.2) is 22.9 Å². The second-order valence-electron chi connectivity index (χ2n) is 2.87. The molecule has 0 spiro atoms. The van der Waals surface area contributed by atoms with Crippen LogP contribution >= 0.6 is 28.2 Å². The molecule has 0 saturated carbocycles. The Morgan fingerprint density at radius 3 is 2.67 bits per heavy atom. The van der Waals surface area contributed by atoms with Crippen molar-refractivity contribution in [1.29, 1.82) is 0 Å². The Kier molecular flexibility index (Phi) is 3.37. The summed E-state index contributed by atoms with van der Waals surface area (Å²) < 4.78 is 0.224. The summed E-state index contributed by atoms with van der Waals surface area (Å²) >= 11 is 11.2. The lowest BCUT2D eigenvalue weighted by Gasteiger charge is -2.01. The summed E-state index contributed by atoms with van der Waals surface area (Å²) in [6.45, 7) is 4.20. The van der Waals surface area contributed by atoms with Gasteiger partial charge in [0.05, 0.1) is 6.04 Å². The van der Waals surface area contributed by atoms with E-state index in [1.165, 1.54) is 0 Å². The molecule has 7 heteroatoms. The first-order valence-electron chi connectivity index (χ1n) is 3.58. The molecule has 0 aliphatic carbocycles. The fourth-order valence-electron chi connectivity index (χ4n) is 0.804. The predicted octanol–water partition coefficient (Wildman–Crippen LogP) is 1.39. The first kappa shape index (κ1) is 10.7. The minimum absolute atomic E-state index is 0.429. The fraction of sp³-hybridized carbons (Fsp3) is 0.800. The fourth-order valence-corrected chi connectivity index (χ4v) is 5.90. The summed E-state index contributed by atoms with van der Waals surface area (Å²) in [4.78, 5) is 0. The summed E-state index contributed by atoms with van der Waals surface area (Å²) in [6.07, 6.45) is 0. The van der Waals surface area contributed by atoms with Crippen LogP contribution in [0, 0.1) is 0 Å². The minimum atomic E-state index is -1.69. The molecule has 0 radical (unpaired) electrons. The van der Waals surface area contributed by atoms with E-state index in [2.05, 4.69) is 36.6 Å². The van der Waals surface area contributed by atoms with E-state index in [-0.39, 0.29) is 0 Å². The number of hydrogen-bond donors (Lipinski definition) is 3. The SMILES string of the molecule is CC(C)NC1=[N+](C)NP(=S)(S)S1. The van der Waals surface area contributed by atoms with Crippen LogP contribution in [-0.2, 0) is 11.8 Å². The van der Waals surface area contributed by atoms with Crippen molar-refractivity contribution in [3.8, 4) is 0 Å². The third kappa shape index (κ3) is 2.83. The number of hydrazine groups is 1. The third-order valence-corrected chi connectivity index (χ3v) is 5.99. The zero-order chi connectivity index (χ0) is 9.35. The van der Waals surface area contributed by atoms with Crippen molar-refractivity contribution in [2.75, 3.05) is 7.05 Å². The molecule has 2 N–H and O–H groups in total. The van der Waals surface area contributed by atoms with Gasteiger partial charge in [-0.25, -0.2) is 5.20 Å². The summed E-state index contributed by atoms with van der Waals surface area (Å²) in [6, 6.07) is 0.429. The second kappa shape index (κ2) is 3.78. The summed E-state index contributed by atoms with van der Waals surface area (Å²) in [5, 5.41) is 7.51. The highest BCUT2D eigenvalue weighted by Gasteiger charge is 2.31. The number of rotatable bonds is 1. The largest absolute Gasteiger partial charge is 0.337 e. The molecular weight excluding hydrogens is 229 g/mol. The Morgan fingerprint density at radius 2 is 2.33 bits per heavy atom. The van der Waals surface area contributed by atoms with Gasteiger partial charge >= 0.3 is 5.17 Å². The van der Waals surface area contributed by atoms with Gasteiger partial charge < -0.3 is 0 Å². The van der Waals surface area contributed by atoms with E-state index in [4.69, 9.17) is 11.8 Å².